The average molecular weight is 463 g/mol. The van der Waals surface area contributed by atoms with Crippen LogP contribution < -0.4 is 5.32 Å². The molecular weight excluding hydrogens is 428 g/mol. The lowest BCUT2D eigenvalue weighted by atomic mass is 9.68. The van der Waals surface area contributed by atoms with Gasteiger partial charge in [-0.2, -0.15) is 0 Å². The van der Waals surface area contributed by atoms with E-state index in [4.69, 9.17) is 9.59 Å². The molecule has 2 aromatic carbocycles. The average Bonchev–Trinajstić information content (AvgIpc) is 2.84. The summed E-state index contributed by atoms with van der Waals surface area (Å²) in [6.45, 7) is 10.5. The van der Waals surface area contributed by atoms with Gasteiger partial charge in [0.1, 0.15) is 17.7 Å². The highest BCUT2D eigenvalue weighted by Gasteiger charge is 2.37. The predicted octanol–water partition coefficient (Wildman–Crippen LogP) is 3.56. The Balaban J connectivity index is 0.000000872. The summed E-state index contributed by atoms with van der Waals surface area (Å²) in [5.74, 6) is 2.24. The van der Waals surface area contributed by atoms with E-state index in [1.807, 2.05) is 0 Å². The molecule has 0 bridgehead atoms. The highest BCUT2D eigenvalue weighted by molar-refractivity contribution is 5.96. The Morgan fingerprint density at radius 3 is 1.76 bits per heavy atom. The molecule has 1 amide bonds. The molecule has 0 spiro atoms. The first-order valence-corrected chi connectivity index (χ1v) is 11.3. The maximum atomic E-state index is 11.6. The van der Waals surface area contributed by atoms with Gasteiger partial charge >= 0.3 is 0 Å². The van der Waals surface area contributed by atoms with Gasteiger partial charge in [-0.25, -0.2) is 9.59 Å². The zero-order chi connectivity index (χ0) is 25.2. The first-order chi connectivity index (χ1) is 16.4. The number of nitrogens with zero attached hydrogens (tertiary/aromatic N) is 1. The van der Waals surface area contributed by atoms with Gasteiger partial charge in [0.25, 0.3) is 0 Å². The van der Waals surface area contributed by atoms with Gasteiger partial charge in [-0.15, -0.1) is 0 Å². The van der Waals surface area contributed by atoms with Gasteiger partial charge in [0.05, 0.1) is 6.42 Å². The number of nitrogens with one attached hydrogen (secondary N) is 1. The van der Waals surface area contributed by atoms with Crippen molar-refractivity contribution in [2.24, 2.45) is 0 Å². The van der Waals surface area contributed by atoms with Crippen LogP contribution in [0.25, 0.3) is 0 Å². The number of hydrogen-bond acceptors (Lipinski definition) is 5. The van der Waals surface area contributed by atoms with Crippen LogP contribution in [0.2, 0.25) is 0 Å². The van der Waals surface area contributed by atoms with Gasteiger partial charge in [0.15, 0.2) is 0 Å². The van der Waals surface area contributed by atoms with E-state index in [0.29, 0.717) is 6.54 Å². The summed E-state index contributed by atoms with van der Waals surface area (Å²) in [5, 5.41) is 2.84. The van der Waals surface area contributed by atoms with Gasteiger partial charge in [-0.3, -0.25) is 9.59 Å². The molecule has 0 atom stereocenters. The SMILES string of the molecule is C=C=O.C=C=O.CC(=O)CC(=O)NCCCN1CCC(c2ccccc2)(c2ccccc2)CC1. The number of ketones is 1. The smallest absolute Gasteiger partial charge is 0.227 e. The molecule has 0 radical (unpaired) electrons. The summed E-state index contributed by atoms with van der Waals surface area (Å²) in [6.07, 6.45) is 3.09. The Kier molecular flexibility index (Phi) is 13.5. The molecule has 0 saturated carbocycles. The number of benzene rings is 2. The number of hydrogen-bond donors (Lipinski definition) is 1. The maximum absolute atomic E-state index is 11.6. The molecule has 1 aliphatic heterocycles. The molecule has 3 rings (SSSR count). The number of amides is 1. The highest BCUT2D eigenvalue weighted by atomic mass is 16.2. The van der Waals surface area contributed by atoms with Crippen LogP contribution in [-0.2, 0) is 24.6 Å². The van der Waals surface area contributed by atoms with Gasteiger partial charge in [0.2, 0.25) is 5.91 Å². The minimum atomic E-state index is -0.168. The lowest BCUT2D eigenvalue weighted by Crippen LogP contribution is -2.44. The third kappa shape index (κ3) is 9.51. The number of rotatable bonds is 8. The first kappa shape index (κ1) is 28.5. The molecular formula is C28H34N2O4. The summed E-state index contributed by atoms with van der Waals surface area (Å²) >= 11 is 0. The van der Waals surface area contributed by atoms with Crippen molar-refractivity contribution in [1.82, 2.24) is 10.2 Å². The second-order valence-electron chi connectivity index (χ2n) is 8.03. The lowest BCUT2D eigenvalue weighted by molar-refractivity contribution is -0.127. The Hall–Kier alpha value is -3.56. The predicted molar refractivity (Wildman–Crippen MR) is 135 cm³/mol. The first-order valence-electron chi connectivity index (χ1n) is 11.3. The fourth-order valence-electron chi connectivity index (χ4n) is 4.24. The Morgan fingerprint density at radius 2 is 1.35 bits per heavy atom. The Labute approximate surface area is 202 Å². The molecule has 180 valence electrons. The van der Waals surface area contributed by atoms with Crippen LogP contribution in [0.1, 0.15) is 43.7 Å². The van der Waals surface area contributed by atoms with E-state index in [2.05, 4.69) is 84.0 Å². The highest BCUT2D eigenvalue weighted by Crippen LogP contribution is 2.41. The van der Waals surface area contributed by atoms with Gasteiger partial charge in [-0.1, -0.05) is 60.7 Å². The summed E-state index contributed by atoms with van der Waals surface area (Å²) in [5.41, 5.74) is 2.88. The molecule has 2 aromatic rings. The molecule has 34 heavy (non-hydrogen) atoms. The van der Waals surface area contributed by atoms with E-state index in [1.54, 1.807) is 0 Å². The number of Topliss-reactive ketones (excluding diaryl/α,β-unsaturated/α-hetero) is 1. The Bertz CT molecular complexity index is 883. The molecule has 6 heteroatoms. The van der Waals surface area contributed by atoms with Gasteiger partial charge < -0.3 is 10.2 Å². The molecule has 0 unspecified atom stereocenters. The third-order valence-electron chi connectivity index (χ3n) is 5.75. The maximum Gasteiger partial charge on any atom is 0.227 e. The summed E-state index contributed by atoms with van der Waals surface area (Å²) in [4.78, 5) is 42.1. The van der Waals surface area contributed by atoms with Crippen molar-refractivity contribution < 1.29 is 19.2 Å². The molecule has 1 fully saturated rings. The van der Waals surface area contributed by atoms with Crippen LogP contribution in [0.5, 0.6) is 0 Å². The third-order valence-corrected chi connectivity index (χ3v) is 5.75. The van der Waals surface area contributed by atoms with E-state index >= 15 is 0 Å². The molecule has 1 heterocycles. The largest absolute Gasteiger partial charge is 0.356 e. The minimum absolute atomic E-state index is 0.0135. The topological polar surface area (TPSA) is 83.5 Å². The van der Waals surface area contributed by atoms with Crippen molar-refractivity contribution in [1.29, 1.82) is 0 Å². The molecule has 1 saturated heterocycles. The quantitative estimate of drug-likeness (QED) is 0.368. The van der Waals surface area contributed by atoms with Crippen LogP contribution in [0.15, 0.2) is 73.8 Å². The normalized spacial score (nSPS) is 14.0. The van der Waals surface area contributed by atoms with Crippen LogP contribution in [-0.4, -0.2) is 54.7 Å². The molecule has 1 N–H and O–H groups in total. The summed E-state index contributed by atoms with van der Waals surface area (Å²) < 4.78 is 0. The van der Waals surface area contributed by atoms with Crippen LogP contribution in [0, 0.1) is 0 Å². The zero-order valence-electron chi connectivity index (χ0n) is 19.9. The summed E-state index contributed by atoms with van der Waals surface area (Å²) in [7, 11) is 0. The number of carbonyl (C=O) groups is 2. The van der Waals surface area contributed by atoms with Crippen molar-refractivity contribution in [3.63, 3.8) is 0 Å². The van der Waals surface area contributed by atoms with E-state index in [-0.39, 0.29) is 23.5 Å². The van der Waals surface area contributed by atoms with E-state index in [9.17, 15) is 9.59 Å². The van der Waals surface area contributed by atoms with Crippen molar-refractivity contribution >= 4 is 23.6 Å². The van der Waals surface area contributed by atoms with Crippen molar-refractivity contribution in [2.75, 3.05) is 26.2 Å². The number of likely N-dealkylation sites (tertiary alicyclic amines) is 1. The second kappa shape index (κ2) is 16.1. The van der Waals surface area contributed by atoms with E-state index < -0.39 is 0 Å². The van der Waals surface area contributed by atoms with Gasteiger partial charge in [-0.05, 0) is 70.1 Å². The fraction of sp³-hybridized carbons (Fsp3) is 0.357. The fourth-order valence-corrected chi connectivity index (χ4v) is 4.24. The number of carbonyl (C=O) groups excluding carboxylic acids is 4. The number of piperidine rings is 1. The van der Waals surface area contributed by atoms with Crippen LogP contribution in [0.3, 0.4) is 0 Å². The minimum Gasteiger partial charge on any atom is -0.356 e. The standard InChI is InChI=1S/C24H30N2O2.2C2H2O/c1-20(27)19-23(28)25-15-8-16-26-17-13-24(14-18-26,21-9-4-2-5-10-21)22-11-6-3-7-12-22;2*1-2-3/h2-7,9-12H,8,13-19H2,1H3,(H,25,28);2*1H2. The summed E-state index contributed by atoms with van der Waals surface area (Å²) in [6, 6.07) is 21.7. The van der Waals surface area contributed by atoms with E-state index in [1.165, 1.54) is 29.9 Å². The van der Waals surface area contributed by atoms with E-state index in [0.717, 1.165) is 38.9 Å². The second-order valence-corrected chi connectivity index (χ2v) is 8.03. The molecule has 1 aliphatic rings. The van der Waals surface area contributed by atoms with Crippen molar-refractivity contribution in [3.05, 3.63) is 84.9 Å². The van der Waals surface area contributed by atoms with Gasteiger partial charge in [0, 0.05) is 12.0 Å². The molecule has 0 aromatic heterocycles. The molecule has 0 aliphatic carbocycles. The van der Waals surface area contributed by atoms with Crippen molar-refractivity contribution in [3.8, 4) is 0 Å². The van der Waals surface area contributed by atoms with Crippen molar-refractivity contribution in [2.45, 2.75) is 38.0 Å². The van der Waals surface area contributed by atoms with Crippen LogP contribution >= 0.6 is 0 Å². The monoisotopic (exact) mass is 462 g/mol. The van der Waals surface area contributed by atoms with Crippen LogP contribution in [0.4, 0.5) is 0 Å². The molecule has 6 nitrogen and oxygen atoms in total. The Morgan fingerprint density at radius 1 is 0.912 bits per heavy atom. The zero-order valence-corrected chi connectivity index (χ0v) is 19.9. The lowest BCUT2D eigenvalue weighted by Gasteiger charge is -2.43.